The minimum atomic E-state index is -0.765. The molecule has 1 unspecified atom stereocenters. The predicted molar refractivity (Wildman–Crippen MR) is 115 cm³/mol. The van der Waals surface area contributed by atoms with E-state index in [2.05, 4.69) is 10.3 Å². The first kappa shape index (κ1) is 21.0. The van der Waals surface area contributed by atoms with Crippen LogP contribution in [0.25, 0.3) is 21.9 Å². The molecular formula is C23H24FN3O4. The number of carbonyl (C=O) groups excluding carboxylic acids is 1. The van der Waals surface area contributed by atoms with E-state index in [4.69, 9.17) is 9.47 Å². The Hall–Kier alpha value is -3.23. The largest absolute Gasteiger partial charge is 0.491 e. The number of hydrogen-bond donors (Lipinski definition) is 2. The number of benzene rings is 2. The van der Waals surface area contributed by atoms with Gasteiger partial charge in [-0.15, -0.1) is 0 Å². The van der Waals surface area contributed by atoms with E-state index in [9.17, 15) is 14.3 Å². The number of aliphatic hydroxyl groups excluding tert-OH is 1. The van der Waals surface area contributed by atoms with Crippen LogP contribution in [0.15, 0.2) is 48.7 Å². The van der Waals surface area contributed by atoms with Crippen molar-refractivity contribution >= 4 is 16.7 Å². The van der Waals surface area contributed by atoms with E-state index in [1.807, 2.05) is 35.2 Å². The van der Waals surface area contributed by atoms with Gasteiger partial charge in [-0.1, -0.05) is 24.3 Å². The van der Waals surface area contributed by atoms with E-state index in [0.29, 0.717) is 42.4 Å². The summed E-state index contributed by atoms with van der Waals surface area (Å²) in [5, 5.41) is 14.9. The number of aromatic nitrogens is 1. The second kappa shape index (κ2) is 9.28. The van der Waals surface area contributed by atoms with Crippen molar-refractivity contribution in [2.75, 3.05) is 39.9 Å². The van der Waals surface area contributed by atoms with Gasteiger partial charge in [0.25, 0.3) is 0 Å². The highest BCUT2D eigenvalue weighted by molar-refractivity contribution is 5.98. The molecule has 1 aromatic heterocycles. The zero-order chi connectivity index (χ0) is 21.8. The van der Waals surface area contributed by atoms with E-state index < -0.39 is 11.9 Å². The summed E-state index contributed by atoms with van der Waals surface area (Å²) in [6.45, 7) is 1.91. The Bertz CT molecular complexity index is 1090. The van der Waals surface area contributed by atoms with Gasteiger partial charge in [0.15, 0.2) is 0 Å². The lowest BCUT2D eigenvalue weighted by Crippen LogP contribution is -2.50. The third-order valence-electron chi connectivity index (χ3n) is 5.19. The molecule has 1 saturated heterocycles. The fraction of sp³-hybridized carbons (Fsp3) is 0.304. The summed E-state index contributed by atoms with van der Waals surface area (Å²) < 4.78 is 25.6. The van der Waals surface area contributed by atoms with Gasteiger partial charge in [0.1, 0.15) is 24.3 Å². The molecule has 7 nitrogen and oxygen atoms in total. The number of amides is 1. The number of pyridine rings is 1. The smallest absolute Gasteiger partial charge is 0.234 e. The van der Waals surface area contributed by atoms with Gasteiger partial charge in [-0.3, -0.25) is 9.69 Å². The number of nitrogens with zero attached hydrogens (tertiary/aromatic N) is 2. The summed E-state index contributed by atoms with van der Waals surface area (Å²) in [6.07, 6.45) is 0.369. The fourth-order valence-corrected chi connectivity index (χ4v) is 3.72. The molecule has 1 aliphatic rings. The molecule has 2 heterocycles. The second-order valence-electron chi connectivity index (χ2n) is 7.45. The summed E-state index contributed by atoms with van der Waals surface area (Å²) in [5.41, 5.74) is 1.00. The number of nitrogens with one attached hydrogen (secondary N) is 1. The number of β-amino-alcohol motifs (C(OH)–C–C–N with tert-alkyl or cyclic N) is 1. The lowest BCUT2D eigenvalue weighted by atomic mass is 9.98. The van der Waals surface area contributed by atoms with E-state index in [-0.39, 0.29) is 19.1 Å². The highest BCUT2D eigenvalue weighted by atomic mass is 19.1. The molecule has 0 spiro atoms. The first-order valence-corrected chi connectivity index (χ1v) is 10.1. The van der Waals surface area contributed by atoms with E-state index in [1.54, 1.807) is 12.1 Å². The van der Waals surface area contributed by atoms with Gasteiger partial charge < -0.3 is 19.9 Å². The van der Waals surface area contributed by atoms with Gasteiger partial charge in [0.2, 0.25) is 11.8 Å². The van der Waals surface area contributed by atoms with Crippen molar-refractivity contribution in [2.24, 2.45) is 0 Å². The number of aliphatic hydroxyl groups is 1. The highest BCUT2D eigenvalue weighted by Crippen LogP contribution is 2.35. The van der Waals surface area contributed by atoms with Gasteiger partial charge in [-0.05, 0) is 28.5 Å². The van der Waals surface area contributed by atoms with Crippen molar-refractivity contribution in [3.05, 3.63) is 54.5 Å². The number of ether oxygens (including phenoxy) is 2. The molecule has 8 heteroatoms. The maximum atomic E-state index is 14.6. The second-order valence-corrected chi connectivity index (χ2v) is 7.45. The minimum Gasteiger partial charge on any atom is -0.491 e. The van der Waals surface area contributed by atoms with Gasteiger partial charge in [-0.25, -0.2) is 9.37 Å². The van der Waals surface area contributed by atoms with Gasteiger partial charge in [-0.2, -0.15) is 0 Å². The van der Waals surface area contributed by atoms with Crippen LogP contribution in [0, 0.1) is 5.82 Å². The normalized spacial score (nSPS) is 15.5. The van der Waals surface area contributed by atoms with E-state index >= 15 is 0 Å². The van der Waals surface area contributed by atoms with Gasteiger partial charge >= 0.3 is 0 Å². The Morgan fingerprint density at radius 3 is 2.90 bits per heavy atom. The Balaban J connectivity index is 1.57. The Kier molecular flexibility index (Phi) is 6.29. The summed E-state index contributed by atoms with van der Waals surface area (Å²) in [5.74, 6) is 0.312. The zero-order valence-corrected chi connectivity index (χ0v) is 17.2. The summed E-state index contributed by atoms with van der Waals surface area (Å²) in [7, 11) is 1.48. The van der Waals surface area contributed by atoms with Crippen molar-refractivity contribution in [2.45, 2.75) is 6.10 Å². The topological polar surface area (TPSA) is 83.9 Å². The Labute approximate surface area is 179 Å². The number of halogens is 1. The van der Waals surface area contributed by atoms with Crippen LogP contribution >= 0.6 is 0 Å². The number of fused-ring (bicyclic) bond motifs is 1. The molecule has 1 atom stereocenters. The van der Waals surface area contributed by atoms with Crippen molar-refractivity contribution in [1.29, 1.82) is 0 Å². The molecule has 0 saturated carbocycles. The van der Waals surface area contributed by atoms with Crippen LogP contribution in [0.5, 0.6) is 11.6 Å². The molecular weight excluding hydrogens is 401 g/mol. The van der Waals surface area contributed by atoms with Crippen LogP contribution in [0.1, 0.15) is 0 Å². The van der Waals surface area contributed by atoms with Crippen LogP contribution < -0.4 is 14.8 Å². The zero-order valence-electron chi connectivity index (χ0n) is 17.2. The molecule has 2 N–H and O–H groups in total. The maximum Gasteiger partial charge on any atom is 0.234 e. The van der Waals surface area contributed by atoms with Crippen molar-refractivity contribution in [1.82, 2.24) is 15.2 Å². The highest BCUT2D eigenvalue weighted by Gasteiger charge is 2.19. The van der Waals surface area contributed by atoms with Crippen molar-refractivity contribution in [3.8, 4) is 22.8 Å². The van der Waals surface area contributed by atoms with E-state index in [0.717, 1.165) is 17.0 Å². The molecule has 0 aliphatic carbocycles. The van der Waals surface area contributed by atoms with Crippen molar-refractivity contribution < 1.29 is 23.8 Å². The Morgan fingerprint density at radius 1 is 1.26 bits per heavy atom. The molecule has 0 bridgehead atoms. The number of rotatable bonds is 7. The molecule has 0 radical (unpaired) electrons. The summed E-state index contributed by atoms with van der Waals surface area (Å²) in [6, 6.07) is 12.8. The van der Waals surface area contributed by atoms with Crippen LogP contribution in [-0.4, -0.2) is 66.9 Å². The molecule has 4 rings (SSSR count). The number of carbonyl (C=O) groups is 1. The quantitative estimate of drug-likeness (QED) is 0.604. The summed E-state index contributed by atoms with van der Waals surface area (Å²) in [4.78, 5) is 17.3. The lowest BCUT2D eigenvalue weighted by molar-refractivity contribution is -0.124. The fourth-order valence-electron chi connectivity index (χ4n) is 3.72. The number of methoxy groups -OCH3 is 1. The third-order valence-corrected chi connectivity index (χ3v) is 5.19. The molecule has 162 valence electrons. The third kappa shape index (κ3) is 4.92. The van der Waals surface area contributed by atoms with Gasteiger partial charge in [0.05, 0.1) is 19.9 Å². The van der Waals surface area contributed by atoms with Crippen LogP contribution in [0.4, 0.5) is 4.39 Å². The molecule has 1 amide bonds. The average Bonchev–Trinajstić information content (AvgIpc) is 2.77. The van der Waals surface area contributed by atoms with E-state index in [1.165, 1.54) is 7.11 Å². The molecule has 1 aliphatic heterocycles. The van der Waals surface area contributed by atoms with Crippen LogP contribution in [-0.2, 0) is 4.79 Å². The van der Waals surface area contributed by atoms with Crippen LogP contribution in [0.3, 0.4) is 0 Å². The molecule has 1 fully saturated rings. The first-order chi connectivity index (χ1) is 15.0. The monoisotopic (exact) mass is 425 g/mol. The minimum absolute atomic E-state index is 0.0478. The maximum absolute atomic E-state index is 14.6. The van der Waals surface area contributed by atoms with Crippen molar-refractivity contribution in [3.63, 3.8) is 0 Å². The summed E-state index contributed by atoms with van der Waals surface area (Å²) >= 11 is 0. The standard InChI is InChI=1S/C23H24FN3O4/c1-30-23-10-20(21(24)11-26-23)19-9-17(8-15-4-2-3-5-18(15)19)31-14-16(28)12-27-7-6-25-22(29)13-27/h2-5,8-11,16,28H,6-7,12-14H2,1H3,(H,25,29). The first-order valence-electron chi connectivity index (χ1n) is 10.1. The molecule has 2 aromatic carbocycles. The number of hydrogen-bond acceptors (Lipinski definition) is 6. The lowest BCUT2D eigenvalue weighted by Gasteiger charge is -2.28. The van der Waals surface area contributed by atoms with Crippen LogP contribution in [0.2, 0.25) is 0 Å². The molecule has 31 heavy (non-hydrogen) atoms. The SMILES string of the molecule is COc1cc(-c2cc(OCC(O)CN3CCNC(=O)C3)cc3ccccc23)c(F)cn1. The van der Waals surface area contributed by atoms with Gasteiger partial charge in [0, 0.05) is 31.3 Å². The number of piperazine rings is 1. The Morgan fingerprint density at radius 2 is 2.10 bits per heavy atom. The predicted octanol–water partition coefficient (Wildman–Crippen LogP) is 2.22. The molecule has 3 aromatic rings. The average molecular weight is 425 g/mol.